The van der Waals surface area contributed by atoms with Crippen LogP contribution in [0, 0.1) is 5.41 Å². The number of rotatable bonds is 8. The van der Waals surface area contributed by atoms with Crippen molar-refractivity contribution in [2.75, 3.05) is 20.2 Å². The molecule has 0 radical (unpaired) electrons. The first-order chi connectivity index (χ1) is 13.4. The maximum Gasteiger partial charge on any atom is 0.242 e. The minimum absolute atomic E-state index is 0.237. The first-order valence-corrected chi connectivity index (χ1v) is 10.9. The number of unbranched alkanes of at least 4 members (excludes halogenated alkanes) is 1. The molecule has 1 aromatic heterocycles. The van der Waals surface area contributed by atoms with Crippen LogP contribution < -0.4 is 4.74 Å². The Hall–Kier alpha value is -1.97. The van der Waals surface area contributed by atoms with E-state index < -0.39 is 0 Å². The van der Waals surface area contributed by atoms with Crippen LogP contribution in [-0.2, 0) is 24.2 Å². The van der Waals surface area contributed by atoms with Crippen LogP contribution in [0.15, 0.2) is 18.2 Å². The van der Waals surface area contributed by atoms with Crippen LogP contribution in [0.3, 0.4) is 0 Å². The third kappa shape index (κ3) is 4.21. The Morgan fingerprint density at radius 1 is 1.21 bits per heavy atom. The van der Waals surface area contributed by atoms with E-state index in [0.717, 1.165) is 56.5 Å². The van der Waals surface area contributed by atoms with Gasteiger partial charge in [0, 0.05) is 30.2 Å². The third-order valence-corrected chi connectivity index (χ3v) is 6.11. The molecule has 0 saturated carbocycles. The van der Waals surface area contributed by atoms with Crippen molar-refractivity contribution in [2.45, 2.75) is 72.8 Å². The van der Waals surface area contributed by atoms with Crippen molar-refractivity contribution in [3.8, 4) is 5.75 Å². The summed E-state index contributed by atoms with van der Waals surface area (Å²) in [5.74, 6) is 1.09. The second-order valence-electron chi connectivity index (χ2n) is 8.97. The van der Waals surface area contributed by atoms with Gasteiger partial charge in [-0.3, -0.25) is 4.79 Å². The molecule has 0 aliphatic heterocycles. The molecule has 28 heavy (non-hydrogen) atoms. The number of hydrogen-bond acceptors (Lipinski definition) is 2. The number of ether oxygens (including phenoxy) is 1. The van der Waals surface area contributed by atoms with E-state index in [1.54, 1.807) is 7.11 Å². The topological polar surface area (TPSA) is 34.5 Å². The summed E-state index contributed by atoms with van der Waals surface area (Å²) in [5, 5.41) is 1.29. The number of amides is 1. The van der Waals surface area contributed by atoms with Crippen LogP contribution >= 0.6 is 0 Å². The molecule has 1 amide bonds. The van der Waals surface area contributed by atoms with Gasteiger partial charge in [-0.1, -0.05) is 34.1 Å². The van der Waals surface area contributed by atoms with Crippen LogP contribution in [0.5, 0.6) is 5.75 Å². The fourth-order valence-corrected chi connectivity index (χ4v) is 4.46. The highest BCUT2D eigenvalue weighted by atomic mass is 16.5. The molecule has 3 rings (SSSR count). The number of aromatic nitrogens is 1. The van der Waals surface area contributed by atoms with Gasteiger partial charge in [-0.2, -0.15) is 0 Å². The van der Waals surface area contributed by atoms with Crippen LogP contribution in [0.25, 0.3) is 10.9 Å². The first kappa shape index (κ1) is 20.8. The van der Waals surface area contributed by atoms with Crippen LogP contribution in [0.1, 0.15) is 64.6 Å². The standard InChI is InChI=1S/C24H36N2O2/c1-6-8-14-25(13-7-2)23(27)17-26-21-15-18(28-5)9-10-19(21)20-11-12-24(3,4)16-22(20)26/h9-10,15H,6-8,11-14,16-17H2,1-5H3. The quantitative estimate of drug-likeness (QED) is 0.627. The molecule has 1 aliphatic rings. The van der Waals surface area contributed by atoms with E-state index in [1.807, 2.05) is 6.07 Å². The Labute approximate surface area is 169 Å². The Balaban J connectivity index is 2.02. The molecule has 4 nitrogen and oxygen atoms in total. The van der Waals surface area contributed by atoms with Crippen molar-refractivity contribution in [3.05, 3.63) is 29.5 Å². The number of aryl methyl sites for hydroxylation is 1. The highest BCUT2D eigenvalue weighted by molar-refractivity contribution is 5.89. The summed E-state index contributed by atoms with van der Waals surface area (Å²) in [6.45, 7) is 11.1. The molecule has 1 aromatic carbocycles. The Morgan fingerprint density at radius 3 is 2.68 bits per heavy atom. The second kappa shape index (κ2) is 8.59. The van der Waals surface area contributed by atoms with Crippen molar-refractivity contribution in [2.24, 2.45) is 5.41 Å². The Morgan fingerprint density at radius 2 is 2.00 bits per heavy atom. The summed E-state index contributed by atoms with van der Waals surface area (Å²) < 4.78 is 7.77. The van der Waals surface area contributed by atoms with E-state index in [2.05, 4.69) is 49.3 Å². The van der Waals surface area contributed by atoms with Gasteiger partial charge in [0.2, 0.25) is 5.91 Å². The number of carbonyl (C=O) groups excluding carboxylic acids is 1. The number of hydrogen-bond donors (Lipinski definition) is 0. The van der Waals surface area contributed by atoms with Gasteiger partial charge in [-0.25, -0.2) is 0 Å². The van der Waals surface area contributed by atoms with Crippen molar-refractivity contribution < 1.29 is 9.53 Å². The molecule has 2 aromatic rings. The molecular formula is C24H36N2O2. The van der Waals surface area contributed by atoms with Crippen molar-refractivity contribution >= 4 is 16.8 Å². The summed E-state index contributed by atoms with van der Waals surface area (Å²) in [6.07, 6.45) is 6.48. The Kier molecular flexibility index (Phi) is 6.36. The van der Waals surface area contributed by atoms with Gasteiger partial charge in [0.05, 0.1) is 12.6 Å². The lowest BCUT2D eigenvalue weighted by Gasteiger charge is -2.31. The zero-order valence-electron chi connectivity index (χ0n) is 18.3. The number of fused-ring (bicyclic) bond motifs is 3. The van der Waals surface area contributed by atoms with Gasteiger partial charge in [-0.15, -0.1) is 0 Å². The van der Waals surface area contributed by atoms with Gasteiger partial charge in [-0.05, 0) is 55.2 Å². The molecule has 154 valence electrons. The van der Waals surface area contributed by atoms with Crippen LogP contribution in [0.2, 0.25) is 0 Å². The predicted octanol–water partition coefficient (Wildman–Crippen LogP) is 5.20. The van der Waals surface area contributed by atoms with Gasteiger partial charge in [0.25, 0.3) is 0 Å². The minimum Gasteiger partial charge on any atom is -0.497 e. The lowest BCUT2D eigenvalue weighted by molar-refractivity contribution is -0.132. The van der Waals surface area contributed by atoms with Crippen LogP contribution in [0.4, 0.5) is 0 Å². The van der Waals surface area contributed by atoms with Gasteiger partial charge in [0.1, 0.15) is 12.3 Å². The number of methoxy groups -OCH3 is 1. The highest BCUT2D eigenvalue weighted by Crippen LogP contribution is 2.40. The lowest BCUT2D eigenvalue weighted by atomic mass is 9.76. The molecule has 0 unspecified atom stereocenters. The first-order valence-electron chi connectivity index (χ1n) is 10.9. The molecule has 0 N–H and O–H groups in total. The molecule has 4 heteroatoms. The molecule has 1 heterocycles. The molecule has 0 fully saturated rings. The molecule has 0 spiro atoms. The number of benzene rings is 1. The number of nitrogens with zero attached hydrogens (tertiary/aromatic N) is 2. The monoisotopic (exact) mass is 384 g/mol. The summed E-state index contributed by atoms with van der Waals surface area (Å²) in [4.78, 5) is 15.3. The zero-order chi connectivity index (χ0) is 20.3. The SMILES string of the molecule is CCCCN(CCC)C(=O)Cn1c2c(c3ccc(OC)cc31)CCC(C)(C)C2. The molecule has 1 aliphatic carbocycles. The fraction of sp³-hybridized carbons (Fsp3) is 0.625. The molecule has 0 saturated heterocycles. The summed E-state index contributed by atoms with van der Waals surface area (Å²) in [7, 11) is 1.70. The maximum atomic E-state index is 13.2. The molecule has 0 atom stereocenters. The zero-order valence-corrected chi connectivity index (χ0v) is 18.3. The van der Waals surface area contributed by atoms with E-state index in [1.165, 1.54) is 23.1 Å². The lowest BCUT2D eigenvalue weighted by Crippen LogP contribution is -2.36. The van der Waals surface area contributed by atoms with E-state index in [9.17, 15) is 4.79 Å². The van der Waals surface area contributed by atoms with E-state index >= 15 is 0 Å². The fourth-order valence-electron chi connectivity index (χ4n) is 4.46. The summed E-state index contributed by atoms with van der Waals surface area (Å²) in [5.41, 5.74) is 4.19. The van der Waals surface area contributed by atoms with Crippen LogP contribution in [-0.4, -0.2) is 35.6 Å². The van der Waals surface area contributed by atoms with Crippen molar-refractivity contribution in [3.63, 3.8) is 0 Å². The largest absolute Gasteiger partial charge is 0.497 e. The molecular weight excluding hydrogens is 348 g/mol. The maximum absolute atomic E-state index is 13.2. The number of carbonyl (C=O) groups is 1. The average molecular weight is 385 g/mol. The predicted molar refractivity (Wildman–Crippen MR) is 116 cm³/mol. The highest BCUT2D eigenvalue weighted by Gasteiger charge is 2.31. The normalized spacial score (nSPS) is 15.5. The minimum atomic E-state index is 0.237. The third-order valence-electron chi connectivity index (χ3n) is 6.11. The van der Waals surface area contributed by atoms with Gasteiger partial charge >= 0.3 is 0 Å². The van der Waals surface area contributed by atoms with Gasteiger partial charge in [0.15, 0.2) is 0 Å². The van der Waals surface area contributed by atoms with E-state index in [0.29, 0.717) is 6.54 Å². The summed E-state index contributed by atoms with van der Waals surface area (Å²) >= 11 is 0. The second-order valence-corrected chi connectivity index (χ2v) is 8.97. The van der Waals surface area contributed by atoms with E-state index in [-0.39, 0.29) is 11.3 Å². The van der Waals surface area contributed by atoms with Crippen molar-refractivity contribution in [1.82, 2.24) is 9.47 Å². The molecule has 0 bridgehead atoms. The average Bonchev–Trinajstić information content (AvgIpc) is 2.96. The summed E-state index contributed by atoms with van der Waals surface area (Å²) in [6, 6.07) is 6.32. The smallest absolute Gasteiger partial charge is 0.242 e. The van der Waals surface area contributed by atoms with E-state index in [4.69, 9.17) is 4.74 Å². The van der Waals surface area contributed by atoms with Crippen molar-refractivity contribution in [1.29, 1.82) is 0 Å². The van der Waals surface area contributed by atoms with Gasteiger partial charge < -0.3 is 14.2 Å². The Bertz CT molecular complexity index is 835.